The summed E-state index contributed by atoms with van der Waals surface area (Å²) >= 11 is 11.5. The van der Waals surface area contributed by atoms with Crippen molar-refractivity contribution >= 4 is 40.7 Å². The molecule has 0 radical (unpaired) electrons. The number of carboxylic acid groups (broad SMARTS) is 1. The molecule has 3 rings (SSSR count). The summed E-state index contributed by atoms with van der Waals surface area (Å²) in [5.74, 6) is -0.817. The molecule has 148 valence electrons. The number of hydrogen-bond acceptors (Lipinski definition) is 4. The number of nitrogens with one attached hydrogen (secondary N) is 3. The average molecular weight is 427 g/mol. The number of halogens is 1. The van der Waals surface area contributed by atoms with Crippen LogP contribution in [-0.2, 0) is 6.42 Å². The fourth-order valence-corrected chi connectivity index (χ4v) is 3.15. The van der Waals surface area contributed by atoms with Crippen LogP contribution >= 0.6 is 23.8 Å². The minimum atomic E-state index is -1.09. The summed E-state index contributed by atoms with van der Waals surface area (Å²) in [6.45, 7) is 0. The van der Waals surface area contributed by atoms with Crippen LogP contribution in [0.15, 0.2) is 72.9 Å². The summed E-state index contributed by atoms with van der Waals surface area (Å²) in [5, 5.41) is 12.8. The molecule has 0 aliphatic heterocycles. The summed E-state index contributed by atoms with van der Waals surface area (Å²) in [6, 6.07) is 21.4. The molecule has 0 aliphatic carbocycles. The van der Waals surface area contributed by atoms with E-state index in [1.54, 1.807) is 0 Å². The molecule has 1 unspecified atom stereocenters. The van der Waals surface area contributed by atoms with E-state index in [-0.39, 0.29) is 22.4 Å². The highest BCUT2D eigenvalue weighted by Gasteiger charge is 2.14. The molecule has 1 aromatic heterocycles. The third-order valence-corrected chi connectivity index (χ3v) is 4.68. The van der Waals surface area contributed by atoms with E-state index in [0.717, 1.165) is 12.0 Å². The first kappa shape index (κ1) is 20.6. The monoisotopic (exact) mass is 426 g/mol. The summed E-state index contributed by atoms with van der Waals surface area (Å²) in [4.78, 5) is 15.0. The van der Waals surface area contributed by atoms with E-state index in [9.17, 15) is 4.79 Å². The molecule has 0 saturated heterocycles. The molecule has 0 aliphatic rings. The van der Waals surface area contributed by atoms with Crippen LogP contribution in [0.5, 0.6) is 0 Å². The minimum Gasteiger partial charge on any atom is -0.478 e. The summed E-state index contributed by atoms with van der Waals surface area (Å²) in [5.41, 5.74) is 7.95. The third-order valence-electron chi connectivity index (χ3n) is 4.17. The highest BCUT2D eigenvalue weighted by atomic mass is 35.5. The van der Waals surface area contributed by atoms with Gasteiger partial charge in [-0.05, 0) is 35.8 Å². The van der Waals surface area contributed by atoms with Crippen molar-refractivity contribution in [2.24, 2.45) is 0 Å². The molecule has 1 heterocycles. The van der Waals surface area contributed by atoms with Gasteiger partial charge in [-0.1, -0.05) is 72.3 Å². The number of nitrogens with zero attached hydrogens (tertiary/aromatic N) is 1. The maximum atomic E-state index is 11.0. The Labute approximate surface area is 178 Å². The number of aromatic carboxylic acids is 1. The van der Waals surface area contributed by atoms with Gasteiger partial charge in [0.25, 0.3) is 0 Å². The standard InChI is InChI=1S/C21H19ClN4O2S/c22-17-12-16(20(27)28)13-23-19(17)25-26-21(29)24-18(15-9-5-2-6-10-15)11-14-7-3-1-4-8-14/h1-10,12-13,18H,11H2,(H,23,25)(H,27,28)(H2,24,26,29). The Bertz CT molecular complexity index is 986. The van der Waals surface area contributed by atoms with E-state index >= 15 is 0 Å². The van der Waals surface area contributed by atoms with Crippen molar-refractivity contribution in [3.05, 3.63) is 94.6 Å². The zero-order chi connectivity index (χ0) is 20.6. The minimum absolute atomic E-state index is 0.00764. The number of thiocarbonyl (C=S) groups is 1. The van der Waals surface area contributed by atoms with Crippen molar-refractivity contribution in [3.8, 4) is 0 Å². The molecule has 8 heteroatoms. The number of carboxylic acids is 1. The number of anilines is 1. The number of hydrogen-bond donors (Lipinski definition) is 4. The van der Waals surface area contributed by atoms with Gasteiger partial charge in [-0.2, -0.15) is 0 Å². The molecule has 6 nitrogen and oxygen atoms in total. The highest BCUT2D eigenvalue weighted by Crippen LogP contribution is 2.20. The Morgan fingerprint density at radius 1 is 1.10 bits per heavy atom. The van der Waals surface area contributed by atoms with Crippen molar-refractivity contribution in [1.82, 2.24) is 15.7 Å². The molecule has 0 amide bonds. The molecule has 29 heavy (non-hydrogen) atoms. The lowest BCUT2D eigenvalue weighted by molar-refractivity contribution is 0.0696. The topological polar surface area (TPSA) is 86.3 Å². The third kappa shape index (κ3) is 5.91. The second-order valence-electron chi connectivity index (χ2n) is 6.24. The van der Waals surface area contributed by atoms with Crippen molar-refractivity contribution < 1.29 is 9.90 Å². The van der Waals surface area contributed by atoms with Crippen molar-refractivity contribution in [2.75, 3.05) is 5.43 Å². The maximum Gasteiger partial charge on any atom is 0.337 e. The SMILES string of the molecule is O=C(O)c1cnc(NNC(=S)NC(Cc2ccccc2)c2ccccc2)c(Cl)c1. The van der Waals surface area contributed by atoms with Crippen LogP contribution in [-0.4, -0.2) is 21.2 Å². The summed E-state index contributed by atoms with van der Waals surface area (Å²) in [6.07, 6.45) is 1.97. The Hall–Kier alpha value is -3.16. The molecule has 4 N–H and O–H groups in total. The van der Waals surface area contributed by atoms with E-state index in [4.69, 9.17) is 28.9 Å². The first-order valence-corrected chi connectivity index (χ1v) is 9.62. The van der Waals surface area contributed by atoms with Gasteiger partial charge in [0, 0.05) is 6.20 Å². The lowest BCUT2D eigenvalue weighted by Gasteiger charge is -2.22. The normalized spacial score (nSPS) is 11.3. The fraction of sp³-hybridized carbons (Fsp3) is 0.0952. The predicted octanol–water partition coefficient (Wildman–Crippen LogP) is 4.21. The van der Waals surface area contributed by atoms with Crippen LogP contribution in [0.25, 0.3) is 0 Å². The molecule has 3 aromatic rings. The van der Waals surface area contributed by atoms with Crippen LogP contribution in [0.3, 0.4) is 0 Å². The molecule has 0 bridgehead atoms. The van der Waals surface area contributed by atoms with Gasteiger partial charge < -0.3 is 10.4 Å². The average Bonchev–Trinajstić information content (AvgIpc) is 2.73. The van der Waals surface area contributed by atoms with Crippen LogP contribution in [0.2, 0.25) is 5.02 Å². The van der Waals surface area contributed by atoms with Crippen LogP contribution < -0.4 is 16.2 Å². The van der Waals surface area contributed by atoms with Gasteiger partial charge in [-0.25, -0.2) is 9.78 Å². The summed E-state index contributed by atoms with van der Waals surface area (Å²) in [7, 11) is 0. The molecule has 1 atom stereocenters. The molecule has 0 fully saturated rings. The Balaban J connectivity index is 1.66. The number of rotatable bonds is 7. The van der Waals surface area contributed by atoms with Crippen LogP contribution in [0, 0.1) is 0 Å². The first-order valence-electron chi connectivity index (χ1n) is 8.83. The molecular weight excluding hydrogens is 408 g/mol. The second kappa shape index (κ2) is 9.86. The number of benzene rings is 2. The first-order chi connectivity index (χ1) is 14.0. The number of carbonyl (C=O) groups is 1. The zero-order valence-corrected chi connectivity index (χ0v) is 16.9. The number of pyridine rings is 1. The zero-order valence-electron chi connectivity index (χ0n) is 15.3. The number of aromatic nitrogens is 1. The van der Waals surface area contributed by atoms with Crippen molar-refractivity contribution in [3.63, 3.8) is 0 Å². The Kier molecular flexibility index (Phi) is 6.99. The fourth-order valence-electron chi connectivity index (χ4n) is 2.74. The van der Waals surface area contributed by atoms with Crippen LogP contribution in [0.4, 0.5) is 5.82 Å². The van der Waals surface area contributed by atoms with Crippen molar-refractivity contribution in [1.29, 1.82) is 0 Å². The quantitative estimate of drug-likeness (QED) is 0.332. The molecule has 0 saturated carbocycles. The number of hydrazine groups is 1. The van der Waals surface area contributed by atoms with E-state index in [1.807, 2.05) is 48.5 Å². The van der Waals surface area contributed by atoms with Gasteiger partial charge in [-0.15, -0.1) is 0 Å². The van der Waals surface area contributed by atoms with E-state index in [1.165, 1.54) is 17.8 Å². The van der Waals surface area contributed by atoms with Gasteiger partial charge in [-0.3, -0.25) is 10.9 Å². The van der Waals surface area contributed by atoms with Crippen LogP contribution in [0.1, 0.15) is 27.5 Å². The van der Waals surface area contributed by atoms with E-state index < -0.39 is 5.97 Å². The molecule has 2 aromatic carbocycles. The Morgan fingerprint density at radius 3 is 2.38 bits per heavy atom. The smallest absolute Gasteiger partial charge is 0.337 e. The predicted molar refractivity (Wildman–Crippen MR) is 118 cm³/mol. The molecular formula is C21H19ClN4O2S. The van der Waals surface area contributed by atoms with E-state index in [0.29, 0.717) is 5.11 Å². The molecule has 0 spiro atoms. The van der Waals surface area contributed by atoms with Gasteiger partial charge in [0.2, 0.25) is 0 Å². The summed E-state index contributed by atoms with van der Waals surface area (Å²) < 4.78 is 0. The van der Waals surface area contributed by atoms with Gasteiger partial charge in [0.1, 0.15) is 0 Å². The lowest BCUT2D eigenvalue weighted by atomic mass is 9.99. The van der Waals surface area contributed by atoms with Crippen molar-refractivity contribution in [2.45, 2.75) is 12.5 Å². The van der Waals surface area contributed by atoms with Gasteiger partial charge >= 0.3 is 5.97 Å². The second-order valence-corrected chi connectivity index (χ2v) is 7.05. The Morgan fingerprint density at radius 2 is 1.76 bits per heavy atom. The lowest BCUT2D eigenvalue weighted by Crippen LogP contribution is -2.41. The highest BCUT2D eigenvalue weighted by molar-refractivity contribution is 7.80. The van der Waals surface area contributed by atoms with Gasteiger partial charge in [0.15, 0.2) is 10.9 Å². The maximum absolute atomic E-state index is 11.0. The van der Waals surface area contributed by atoms with E-state index in [2.05, 4.69) is 33.3 Å². The largest absolute Gasteiger partial charge is 0.478 e. The van der Waals surface area contributed by atoms with Gasteiger partial charge in [0.05, 0.1) is 16.6 Å².